The lowest BCUT2D eigenvalue weighted by molar-refractivity contribution is -0.141. The summed E-state index contributed by atoms with van der Waals surface area (Å²) in [4.78, 5) is 7.17. The summed E-state index contributed by atoms with van der Waals surface area (Å²) >= 11 is 0. The minimum Gasteiger partial charge on any atom is -0.477 e. The molecule has 0 bridgehead atoms. The smallest absolute Gasteiger partial charge is 0.433 e. The molecule has 0 aliphatic rings. The first-order chi connectivity index (χ1) is 9.18. The molecule has 0 spiro atoms. The summed E-state index contributed by atoms with van der Waals surface area (Å²) in [6, 6.07) is 0.778. The molecule has 1 aromatic rings. The Labute approximate surface area is 115 Å². The van der Waals surface area contributed by atoms with Crippen LogP contribution in [0.25, 0.3) is 0 Å². The van der Waals surface area contributed by atoms with E-state index in [-0.39, 0.29) is 18.4 Å². The van der Waals surface area contributed by atoms with E-state index in [0.29, 0.717) is 6.42 Å². The van der Waals surface area contributed by atoms with Gasteiger partial charge in [-0.15, -0.1) is 0 Å². The van der Waals surface area contributed by atoms with E-state index < -0.39 is 17.5 Å². The summed E-state index contributed by atoms with van der Waals surface area (Å²) in [7, 11) is 3.00. The van der Waals surface area contributed by atoms with E-state index in [1.807, 2.05) is 13.8 Å². The first-order valence-corrected chi connectivity index (χ1v) is 6.00. The lowest BCUT2D eigenvalue weighted by Gasteiger charge is -2.22. The fourth-order valence-corrected chi connectivity index (χ4v) is 1.26. The maximum Gasteiger partial charge on any atom is 0.433 e. The highest BCUT2D eigenvalue weighted by Crippen LogP contribution is 2.30. The molecule has 1 aromatic heterocycles. The Morgan fingerprint density at radius 3 is 2.40 bits per heavy atom. The summed E-state index contributed by atoms with van der Waals surface area (Å²) in [5, 5.41) is 2.47. The third-order valence-electron chi connectivity index (χ3n) is 2.72. The second-order valence-corrected chi connectivity index (χ2v) is 4.73. The number of aromatic nitrogens is 2. The van der Waals surface area contributed by atoms with E-state index in [4.69, 9.17) is 9.47 Å². The molecule has 0 saturated heterocycles. The molecule has 8 heteroatoms. The third kappa shape index (κ3) is 4.84. The van der Waals surface area contributed by atoms with Crippen LogP contribution in [0.2, 0.25) is 0 Å². The zero-order chi connectivity index (χ0) is 15.4. The van der Waals surface area contributed by atoms with Crippen molar-refractivity contribution >= 4 is 5.95 Å². The maximum atomic E-state index is 12.7. The quantitative estimate of drug-likeness (QED) is 0.874. The van der Waals surface area contributed by atoms with Gasteiger partial charge in [-0.2, -0.15) is 18.2 Å². The molecule has 0 fully saturated rings. The van der Waals surface area contributed by atoms with Gasteiger partial charge in [0.15, 0.2) is 5.69 Å². The van der Waals surface area contributed by atoms with Crippen molar-refractivity contribution in [1.29, 1.82) is 0 Å². The average Bonchev–Trinajstić information content (AvgIpc) is 2.37. The lowest BCUT2D eigenvalue weighted by Crippen LogP contribution is -2.25. The Morgan fingerprint density at radius 1 is 1.25 bits per heavy atom. The first-order valence-electron chi connectivity index (χ1n) is 6.00. The van der Waals surface area contributed by atoms with E-state index in [0.717, 1.165) is 6.07 Å². The predicted molar refractivity (Wildman–Crippen MR) is 67.8 cm³/mol. The Bertz CT molecular complexity index is 450. The second-order valence-electron chi connectivity index (χ2n) is 4.73. The number of ether oxygens (including phenoxy) is 2. The van der Waals surface area contributed by atoms with E-state index in [2.05, 4.69) is 15.3 Å². The topological polar surface area (TPSA) is 56.3 Å². The Balaban J connectivity index is 2.80. The van der Waals surface area contributed by atoms with Gasteiger partial charge in [-0.1, -0.05) is 0 Å². The van der Waals surface area contributed by atoms with Crippen LogP contribution in [-0.4, -0.2) is 36.3 Å². The third-order valence-corrected chi connectivity index (χ3v) is 2.72. The highest BCUT2D eigenvalue weighted by Gasteiger charge is 2.34. The van der Waals surface area contributed by atoms with Crippen LogP contribution in [0.1, 0.15) is 26.0 Å². The number of alkyl halides is 3. The summed E-state index contributed by atoms with van der Waals surface area (Å²) in [5.74, 6) is -0.260. The largest absolute Gasteiger partial charge is 0.477 e. The molecule has 0 radical (unpaired) electrons. The van der Waals surface area contributed by atoms with E-state index in [1.165, 1.54) is 7.05 Å². The van der Waals surface area contributed by atoms with Crippen LogP contribution >= 0.6 is 0 Å². The molecule has 1 heterocycles. The average molecular weight is 293 g/mol. The van der Waals surface area contributed by atoms with Gasteiger partial charge in [0.2, 0.25) is 11.8 Å². The summed E-state index contributed by atoms with van der Waals surface area (Å²) < 4.78 is 48.4. The molecule has 5 nitrogen and oxygen atoms in total. The van der Waals surface area contributed by atoms with Gasteiger partial charge in [0.1, 0.15) is 0 Å². The fraction of sp³-hybridized carbons (Fsp3) is 0.667. The monoisotopic (exact) mass is 293 g/mol. The molecule has 0 unspecified atom stereocenters. The van der Waals surface area contributed by atoms with Crippen LogP contribution in [0.3, 0.4) is 0 Å². The van der Waals surface area contributed by atoms with Gasteiger partial charge >= 0.3 is 6.18 Å². The molecular formula is C12H18F3N3O2. The number of halogens is 3. The number of methoxy groups -OCH3 is 1. The number of nitrogens with zero attached hydrogens (tertiary/aromatic N) is 2. The van der Waals surface area contributed by atoms with Crippen LogP contribution in [0.15, 0.2) is 6.07 Å². The van der Waals surface area contributed by atoms with Gasteiger partial charge in [0.25, 0.3) is 0 Å². The number of anilines is 1. The van der Waals surface area contributed by atoms with E-state index in [1.54, 1.807) is 7.11 Å². The van der Waals surface area contributed by atoms with E-state index in [9.17, 15) is 13.2 Å². The lowest BCUT2D eigenvalue weighted by atomic mass is 10.1. The number of hydrogen-bond donors (Lipinski definition) is 1. The van der Waals surface area contributed by atoms with Crippen molar-refractivity contribution in [2.75, 3.05) is 26.1 Å². The van der Waals surface area contributed by atoms with Crippen molar-refractivity contribution in [3.05, 3.63) is 11.8 Å². The van der Waals surface area contributed by atoms with Gasteiger partial charge in [0.05, 0.1) is 12.2 Å². The normalized spacial score (nSPS) is 12.3. The molecular weight excluding hydrogens is 275 g/mol. The maximum absolute atomic E-state index is 12.7. The van der Waals surface area contributed by atoms with Gasteiger partial charge in [-0.05, 0) is 13.8 Å². The standard InChI is InChI=1S/C12H18F3N3O2/c1-11(2,19-4)5-6-20-9-7-8(12(13,14)15)17-10(16-3)18-9/h7H,5-6H2,1-4H3,(H,16,17,18). The number of rotatable bonds is 6. The Morgan fingerprint density at radius 2 is 1.90 bits per heavy atom. The van der Waals surface area contributed by atoms with Crippen LogP contribution in [0.5, 0.6) is 5.88 Å². The molecule has 1 N–H and O–H groups in total. The Kier molecular flexibility index (Phi) is 5.15. The molecule has 20 heavy (non-hydrogen) atoms. The fourth-order valence-electron chi connectivity index (χ4n) is 1.26. The summed E-state index contributed by atoms with van der Waals surface area (Å²) in [6.45, 7) is 3.91. The van der Waals surface area contributed by atoms with Crippen LogP contribution in [0.4, 0.5) is 19.1 Å². The Hall–Kier alpha value is -1.57. The van der Waals surface area contributed by atoms with Gasteiger partial charge < -0.3 is 14.8 Å². The number of nitrogens with one attached hydrogen (secondary N) is 1. The predicted octanol–water partition coefficient (Wildman–Crippen LogP) is 2.73. The molecule has 0 aliphatic carbocycles. The van der Waals surface area contributed by atoms with Crippen LogP contribution in [0, 0.1) is 0 Å². The molecule has 0 aliphatic heterocycles. The van der Waals surface area contributed by atoms with Crippen molar-refractivity contribution < 1.29 is 22.6 Å². The molecule has 0 saturated carbocycles. The highest BCUT2D eigenvalue weighted by atomic mass is 19.4. The second kappa shape index (κ2) is 6.25. The van der Waals surface area contributed by atoms with Gasteiger partial charge in [0, 0.05) is 26.6 Å². The summed E-state index contributed by atoms with van der Waals surface area (Å²) in [5.41, 5.74) is -1.45. The van der Waals surface area contributed by atoms with Crippen LogP contribution < -0.4 is 10.1 Å². The zero-order valence-electron chi connectivity index (χ0n) is 11.8. The van der Waals surface area contributed by atoms with Gasteiger partial charge in [-0.25, -0.2) is 4.98 Å². The highest BCUT2D eigenvalue weighted by molar-refractivity contribution is 5.31. The molecule has 114 valence electrons. The van der Waals surface area contributed by atoms with Crippen LogP contribution in [-0.2, 0) is 10.9 Å². The number of hydrogen-bond acceptors (Lipinski definition) is 5. The molecule has 0 amide bonds. The first kappa shape index (κ1) is 16.5. The SMILES string of the molecule is CNc1nc(OCCC(C)(C)OC)cc(C(F)(F)F)n1. The van der Waals surface area contributed by atoms with Crippen molar-refractivity contribution in [3.8, 4) is 5.88 Å². The molecule has 1 rings (SSSR count). The zero-order valence-corrected chi connectivity index (χ0v) is 11.8. The van der Waals surface area contributed by atoms with Crippen molar-refractivity contribution in [2.24, 2.45) is 0 Å². The molecule has 0 aromatic carbocycles. The van der Waals surface area contributed by atoms with E-state index >= 15 is 0 Å². The minimum atomic E-state index is -4.54. The van der Waals surface area contributed by atoms with Crippen molar-refractivity contribution in [3.63, 3.8) is 0 Å². The summed E-state index contributed by atoms with van der Waals surface area (Å²) in [6.07, 6.45) is -4.03. The van der Waals surface area contributed by atoms with Crippen molar-refractivity contribution in [2.45, 2.75) is 32.0 Å². The van der Waals surface area contributed by atoms with Gasteiger partial charge in [-0.3, -0.25) is 0 Å². The minimum absolute atomic E-state index is 0.122. The molecule has 0 atom stereocenters. The van der Waals surface area contributed by atoms with Crippen molar-refractivity contribution in [1.82, 2.24) is 9.97 Å².